The summed E-state index contributed by atoms with van der Waals surface area (Å²) in [6.45, 7) is 2.68. The molecule has 0 bridgehead atoms. The second-order valence-corrected chi connectivity index (χ2v) is 4.39. The summed E-state index contributed by atoms with van der Waals surface area (Å²) < 4.78 is 25.9. The van der Waals surface area contributed by atoms with Crippen molar-refractivity contribution in [2.24, 2.45) is 0 Å². The molecule has 96 valence electrons. The molecule has 2 nitrogen and oxygen atoms in total. The van der Waals surface area contributed by atoms with Crippen LogP contribution in [0.4, 0.5) is 8.78 Å². The normalized spacial score (nSPS) is 11.1. The van der Waals surface area contributed by atoms with E-state index in [-0.39, 0.29) is 0 Å². The number of rotatable bonds is 7. The van der Waals surface area contributed by atoms with Crippen LogP contribution in [0.25, 0.3) is 0 Å². The summed E-state index contributed by atoms with van der Waals surface area (Å²) in [5, 5.41) is 3.24. The summed E-state index contributed by atoms with van der Waals surface area (Å²) in [7, 11) is 4.07. The van der Waals surface area contributed by atoms with Gasteiger partial charge in [0.25, 0.3) is 0 Å². The molecular formula is C13H20F2N2. The molecule has 0 aliphatic carbocycles. The van der Waals surface area contributed by atoms with E-state index in [4.69, 9.17) is 0 Å². The third-order valence-corrected chi connectivity index (χ3v) is 2.55. The van der Waals surface area contributed by atoms with E-state index in [1.54, 1.807) is 0 Å². The largest absolute Gasteiger partial charge is 0.316 e. The van der Waals surface area contributed by atoms with Crippen molar-refractivity contribution in [1.82, 2.24) is 10.2 Å². The van der Waals surface area contributed by atoms with Crippen LogP contribution >= 0.6 is 0 Å². The van der Waals surface area contributed by atoms with Crippen LogP contribution in [-0.2, 0) is 6.42 Å². The van der Waals surface area contributed by atoms with Gasteiger partial charge >= 0.3 is 0 Å². The SMILES string of the molecule is CN(C)CCCNCCc1ccc(F)cc1F. The minimum Gasteiger partial charge on any atom is -0.316 e. The summed E-state index contributed by atoms with van der Waals surface area (Å²) in [5.41, 5.74) is 0.562. The van der Waals surface area contributed by atoms with Crippen LogP contribution in [0.1, 0.15) is 12.0 Å². The number of nitrogens with zero attached hydrogens (tertiary/aromatic N) is 1. The maximum Gasteiger partial charge on any atom is 0.129 e. The van der Waals surface area contributed by atoms with E-state index in [1.165, 1.54) is 12.1 Å². The Bertz CT molecular complexity index is 340. The Hall–Kier alpha value is -1.00. The Balaban J connectivity index is 2.18. The molecule has 0 saturated carbocycles. The van der Waals surface area contributed by atoms with Crippen molar-refractivity contribution >= 4 is 0 Å². The molecule has 17 heavy (non-hydrogen) atoms. The molecule has 1 rings (SSSR count). The molecule has 4 heteroatoms. The van der Waals surface area contributed by atoms with Crippen molar-refractivity contribution < 1.29 is 8.78 Å². The third-order valence-electron chi connectivity index (χ3n) is 2.55. The van der Waals surface area contributed by atoms with Crippen LogP contribution in [0.5, 0.6) is 0 Å². The first-order chi connectivity index (χ1) is 8.09. The van der Waals surface area contributed by atoms with Crippen molar-refractivity contribution in [3.63, 3.8) is 0 Å². The number of hydrogen-bond acceptors (Lipinski definition) is 2. The highest BCUT2D eigenvalue weighted by Gasteiger charge is 2.02. The molecule has 0 saturated heterocycles. The van der Waals surface area contributed by atoms with E-state index in [0.717, 1.165) is 32.1 Å². The lowest BCUT2D eigenvalue weighted by molar-refractivity contribution is 0.395. The smallest absolute Gasteiger partial charge is 0.129 e. The van der Waals surface area contributed by atoms with E-state index in [0.29, 0.717) is 12.0 Å². The first-order valence-electron chi connectivity index (χ1n) is 5.89. The van der Waals surface area contributed by atoms with Crippen molar-refractivity contribution in [3.8, 4) is 0 Å². The number of nitrogens with one attached hydrogen (secondary N) is 1. The Kier molecular flexibility index (Phi) is 6.08. The monoisotopic (exact) mass is 242 g/mol. The van der Waals surface area contributed by atoms with Crippen molar-refractivity contribution in [3.05, 3.63) is 35.4 Å². The van der Waals surface area contributed by atoms with Crippen molar-refractivity contribution in [2.75, 3.05) is 33.7 Å². The second-order valence-electron chi connectivity index (χ2n) is 4.39. The fourth-order valence-electron chi connectivity index (χ4n) is 1.59. The quantitative estimate of drug-likeness (QED) is 0.736. The molecule has 1 aromatic carbocycles. The van der Waals surface area contributed by atoms with Gasteiger partial charge in [-0.1, -0.05) is 6.07 Å². The molecule has 0 spiro atoms. The summed E-state index contributed by atoms with van der Waals surface area (Å²) >= 11 is 0. The lowest BCUT2D eigenvalue weighted by Crippen LogP contribution is -2.23. The molecule has 0 aliphatic heterocycles. The van der Waals surface area contributed by atoms with Crippen LogP contribution in [0.2, 0.25) is 0 Å². The fraction of sp³-hybridized carbons (Fsp3) is 0.538. The molecule has 0 heterocycles. The van der Waals surface area contributed by atoms with Gasteiger partial charge < -0.3 is 10.2 Å². The standard InChI is InChI=1S/C13H20F2N2/c1-17(2)9-3-7-16-8-6-11-4-5-12(14)10-13(11)15/h4-5,10,16H,3,6-9H2,1-2H3. The van der Waals surface area contributed by atoms with E-state index in [1.807, 2.05) is 14.1 Å². The van der Waals surface area contributed by atoms with E-state index >= 15 is 0 Å². The molecule has 1 aromatic rings. The zero-order valence-electron chi connectivity index (χ0n) is 10.5. The van der Waals surface area contributed by atoms with Crippen LogP contribution in [-0.4, -0.2) is 38.6 Å². The van der Waals surface area contributed by atoms with Gasteiger partial charge in [0, 0.05) is 6.07 Å². The van der Waals surface area contributed by atoms with Crippen LogP contribution in [0.15, 0.2) is 18.2 Å². The average Bonchev–Trinajstić information content (AvgIpc) is 2.25. The first kappa shape index (κ1) is 14.1. The molecule has 0 atom stereocenters. The van der Waals surface area contributed by atoms with Crippen LogP contribution in [0, 0.1) is 11.6 Å². The Labute approximate surface area is 102 Å². The molecule has 0 amide bonds. The van der Waals surface area contributed by atoms with Gasteiger partial charge in [0.15, 0.2) is 0 Å². The summed E-state index contributed by atoms with van der Waals surface area (Å²) in [6, 6.07) is 3.73. The van der Waals surface area contributed by atoms with Gasteiger partial charge in [-0.15, -0.1) is 0 Å². The highest BCUT2D eigenvalue weighted by molar-refractivity contribution is 5.18. The Morgan fingerprint density at radius 3 is 2.59 bits per heavy atom. The topological polar surface area (TPSA) is 15.3 Å². The van der Waals surface area contributed by atoms with Gasteiger partial charge in [-0.2, -0.15) is 0 Å². The summed E-state index contributed by atoms with van der Waals surface area (Å²) in [5.74, 6) is -0.981. The number of halogens is 2. The maximum absolute atomic E-state index is 13.3. The predicted molar refractivity (Wildman–Crippen MR) is 66.1 cm³/mol. The van der Waals surface area contributed by atoms with Crippen LogP contribution in [0.3, 0.4) is 0 Å². The van der Waals surface area contributed by atoms with E-state index in [2.05, 4.69) is 10.2 Å². The van der Waals surface area contributed by atoms with Gasteiger partial charge in [-0.25, -0.2) is 8.78 Å². The highest BCUT2D eigenvalue weighted by Crippen LogP contribution is 2.09. The minimum absolute atomic E-state index is 0.458. The zero-order valence-corrected chi connectivity index (χ0v) is 10.5. The lowest BCUT2D eigenvalue weighted by atomic mass is 10.1. The predicted octanol–water partition coefficient (Wildman–Crippen LogP) is 2.05. The molecule has 0 unspecified atom stereocenters. The Morgan fingerprint density at radius 2 is 1.94 bits per heavy atom. The zero-order chi connectivity index (χ0) is 12.7. The van der Waals surface area contributed by atoms with Crippen LogP contribution < -0.4 is 5.32 Å². The lowest BCUT2D eigenvalue weighted by Gasteiger charge is -2.10. The molecule has 0 fully saturated rings. The number of benzene rings is 1. The maximum atomic E-state index is 13.3. The van der Waals surface area contributed by atoms with Gasteiger partial charge in [-0.3, -0.25) is 0 Å². The van der Waals surface area contributed by atoms with Crippen molar-refractivity contribution in [2.45, 2.75) is 12.8 Å². The fourth-order valence-corrected chi connectivity index (χ4v) is 1.59. The van der Waals surface area contributed by atoms with Crippen molar-refractivity contribution in [1.29, 1.82) is 0 Å². The van der Waals surface area contributed by atoms with Gasteiger partial charge in [-0.05, 0) is 58.2 Å². The molecule has 1 N–H and O–H groups in total. The van der Waals surface area contributed by atoms with E-state index < -0.39 is 11.6 Å². The van der Waals surface area contributed by atoms with Gasteiger partial charge in [0.1, 0.15) is 11.6 Å². The average molecular weight is 242 g/mol. The first-order valence-corrected chi connectivity index (χ1v) is 5.89. The molecule has 0 aliphatic rings. The van der Waals surface area contributed by atoms with Gasteiger partial charge in [0.2, 0.25) is 0 Å². The Morgan fingerprint density at radius 1 is 1.18 bits per heavy atom. The highest BCUT2D eigenvalue weighted by atomic mass is 19.1. The molecule has 0 radical (unpaired) electrons. The van der Waals surface area contributed by atoms with Gasteiger partial charge in [0.05, 0.1) is 0 Å². The second kappa shape index (κ2) is 7.35. The summed E-state index contributed by atoms with van der Waals surface area (Å²) in [4.78, 5) is 2.13. The molecular weight excluding hydrogens is 222 g/mol. The third kappa shape index (κ3) is 5.75. The van der Waals surface area contributed by atoms with E-state index in [9.17, 15) is 8.78 Å². The minimum atomic E-state index is -0.523. The summed E-state index contributed by atoms with van der Waals surface area (Å²) in [6.07, 6.45) is 1.66. The molecule has 0 aromatic heterocycles. The number of hydrogen-bond donors (Lipinski definition) is 1.